The van der Waals surface area contributed by atoms with Crippen molar-refractivity contribution in [3.63, 3.8) is 0 Å². The lowest BCUT2D eigenvalue weighted by Gasteiger charge is -2.29. The number of piperidine rings is 1. The molecule has 1 N–H and O–H groups in total. The zero-order valence-electron chi connectivity index (χ0n) is 17.5. The van der Waals surface area contributed by atoms with Gasteiger partial charge in [0.1, 0.15) is 11.7 Å². The van der Waals surface area contributed by atoms with Crippen molar-refractivity contribution in [2.75, 3.05) is 0 Å². The quantitative estimate of drug-likeness (QED) is 0.367. The van der Waals surface area contributed by atoms with Gasteiger partial charge in [0.25, 0.3) is 11.6 Å². The van der Waals surface area contributed by atoms with Crippen LogP contribution in [-0.2, 0) is 16.1 Å². The Bertz CT molecular complexity index is 1350. The SMILES string of the molecule is Cc1c(-c2ccc3c(c2)CN(C2CCC(=O)NC2=O)C3=O)nnn1-c1cccc([N+](=O)[O-])c1. The summed E-state index contributed by atoms with van der Waals surface area (Å²) in [5.74, 6) is -1.03. The van der Waals surface area contributed by atoms with E-state index in [2.05, 4.69) is 15.6 Å². The molecular formula is C22H18N6O5. The first kappa shape index (κ1) is 20.5. The Labute approximate surface area is 187 Å². The zero-order chi connectivity index (χ0) is 23.3. The highest BCUT2D eigenvalue weighted by Crippen LogP contribution is 2.32. The molecule has 11 nitrogen and oxygen atoms in total. The molecule has 3 aromatic rings. The Balaban J connectivity index is 1.44. The van der Waals surface area contributed by atoms with Gasteiger partial charge in [-0.1, -0.05) is 17.3 Å². The third kappa shape index (κ3) is 3.43. The first-order chi connectivity index (χ1) is 15.8. The van der Waals surface area contributed by atoms with Crippen molar-refractivity contribution < 1.29 is 19.3 Å². The minimum absolute atomic E-state index is 0.0477. The number of fused-ring (bicyclic) bond motifs is 1. The summed E-state index contributed by atoms with van der Waals surface area (Å²) in [5, 5.41) is 21.8. The van der Waals surface area contributed by atoms with Crippen molar-refractivity contribution in [2.24, 2.45) is 0 Å². The van der Waals surface area contributed by atoms with Gasteiger partial charge in [0, 0.05) is 36.2 Å². The predicted molar refractivity (Wildman–Crippen MR) is 114 cm³/mol. The van der Waals surface area contributed by atoms with Gasteiger partial charge in [-0.3, -0.25) is 29.8 Å². The molecule has 1 fully saturated rings. The first-order valence-corrected chi connectivity index (χ1v) is 10.3. The van der Waals surface area contributed by atoms with Gasteiger partial charge in [0.15, 0.2) is 0 Å². The van der Waals surface area contributed by atoms with E-state index in [0.717, 1.165) is 11.1 Å². The summed E-state index contributed by atoms with van der Waals surface area (Å²) in [6.07, 6.45) is 0.496. The van der Waals surface area contributed by atoms with Crippen LogP contribution in [0.15, 0.2) is 42.5 Å². The number of aromatic nitrogens is 3. The summed E-state index contributed by atoms with van der Waals surface area (Å²) in [6, 6.07) is 10.7. The number of benzene rings is 2. The number of amides is 3. The van der Waals surface area contributed by atoms with Gasteiger partial charge in [-0.05, 0) is 37.1 Å². The first-order valence-electron chi connectivity index (χ1n) is 10.3. The minimum Gasteiger partial charge on any atom is -0.322 e. The van der Waals surface area contributed by atoms with Gasteiger partial charge < -0.3 is 4.90 Å². The van der Waals surface area contributed by atoms with Gasteiger partial charge >= 0.3 is 0 Å². The highest BCUT2D eigenvalue weighted by atomic mass is 16.6. The molecule has 0 radical (unpaired) electrons. The summed E-state index contributed by atoms with van der Waals surface area (Å²) in [4.78, 5) is 48.7. The molecule has 166 valence electrons. The van der Waals surface area contributed by atoms with E-state index in [0.29, 0.717) is 29.1 Å². The number of carbonyl (C=O) groups excluding carboxylic acids is 3. The van der Waals surface area contributed by atoms with Crippen molar-refractivity contribution in [1.82, 2.24) is 25.2 Å². The van der Waals surface area contributed by atoms with Crippen molar-refractivity contribution >= 4 is 23.4 Å². The number of carbonyl (C=O) groups is 3. The number of nitrogens with one attached hydrogen (secondary N) is 1. The lowest BCUT2D eigenvalue weighted by Crippen LogP contribution is -2.52. The smallest absolute Gasteiger partial charge is 0.271 e. The number of hydrogen-bond acceptors (Lipinski definition) is 7. The number of imide groups is 1. The maximum atomic E-state index is 12.9. The summed E-state index contributed by atoms with van der Waals surface area (Å²) >= 11 is 0. The van der Waals surface area contributed by atoms with Crippen LogP contribution in [0, 0.1) is 17.0 Å². The van der Waals surface area contributed by atoms with Crippen LogP contribution in [0.1, 0.15) is 34.5 Å². The summed E-state index contributed by atoms with van der Waals surface area (Å²) < 4.78 is 1.52. The minimum atomic E-state index is -0.678. The highest BCUT2D eigenvalue weighted by molar-refractivity contribution is 6.05. The van der Waals surface area contributed by atoms with Gasteiger partial charge in [-0.2, -0.15) is 0 Å². The summed E-state index contributed by atoms with van der Waals surface area (Å²) in [5.41, 5.74) is 3.73. The maximum Gasteiger partial charge on any atom is 0.271 e. The average Bonchev–Trinajstić information content (AvgIpc) is 3.33. The number of hydrogen-bond donors (Lipinski definition) is 1. The van der Waals surface area contributed by atoms with Crippen molar-refractivity contribution in [1.29, 1.82) is 0 Å². The molecule has 0 saturated carbocycles. The Morgan fingerprint density at radius 2 is 1.97 bits per heavy atom. The third-order valence-corrected chi connectivity index (χ3v) is 5.98. The molecule has 2 aromatic carbocycles. The summed E-state index contributed by atoms with van der Waals surface area (Å²) in [6.45, 7) is 2.06. The van der Waals surface area contributed by atoms with Gasteiger partial charge in [-0.15, -0.1) is 5.10 Å². The van der Waals surface area contributed by atoms with Crippen LogP contribution in [0.25, 0.3) is 16.9 Å². The lowest BCUT2D eigenvalue weighted by atomic mass is 10.0. The molecule has 33 heavy (non-hydrogen) atoms. The lowest BCUT2D eigenvalue weighted by molar-refractivity contribution is -0.384. The van der Waals surface area contributed by atoms with Crippen molar-refractivity contribution in [3.8, 4) is 16.9 Å². The normalized spacial score (nSPS) is 17.8. The molecule has 2 aliphatic heterocycles. The Kier molecular flexibility index (Phi) is 4.73. The van der Waals surface area contributed by atoms with Gasteiger partial charge in [0.05, 0.1) is 16.3 Å². The Morgan fingerprint density at radius 3 is 2.73 bits per heavy atom. The third-order valence-electron chi connectivity index (χ3n) is 5.98. The molecule has 0 spiro atoms. The molecule has 0 aliphatic carbocycles. The largest absolute Gasteiger partial charge is 0.322 e. The van der Waals surface area contributed by atoms with Crippen LogP contribution in [0.2, 0.25) is 0 Å². The fourth-order valence-electron chi connectivity index (χ4n) is 4.30. The predicted octanol–water partition coefficient (Wildman–Crippen LogP) is 1.91. The van der Waals surface area contributed by atoms with E-state index in [4.69, 9.17) is 0 Å². The molecule has 1 unspecified atom stereocenters. The number of nitrogens with zero attached hydrogens (tertiary/aromatic N) is 5. The fraction of sp³-hybridized carbons (Fsp3) is 0.227. The van der Waals surface area contributed by atoms with E-state index in [1.165, 1.54) is 21.7 Å². The van der Waals surface area contributed by atoms with Crippen LogP contribution in [0.5, 0.6) is 0 Å². The van der Waals surface area contributed by atoms with E-state index in [9.17, 15) is 24.5 Å². The van der Waals surface area contributed by atoms with E-state index in [1.54, 1.807) is 24.3 Å². The maximum absolute atomic E-state index is 12.9. The molecule has 3 amide bonds. The fourth-order valence-corrected chi connectivity index (χ4v) is 4.30. The van der Waals surface area contributed by atoms with E-state index in [1.807, 2.05) is 13.0 Å². The number of nitro groups is 1. The molecule has 11 heteroatoms. The van der Waals surface area contributed by atoms with E-state index < -0.39 is 16.9 Å². The molecule has 1 aromatic heterocycles. The molecule has 1 saturated heterocycles. The van der Waals surface area contributed by atoms with E-state index >= 15 is 0 Å². The average molecular weight is 446 g/mol. The number of non-ortho nitro benzene ring substituents is 1. The van der Waals surface area contributed by atoms with E-state index in [-0.39, 0.29) is 30.5 Å². The monoisotopic (exact) mass is 446 g/mol. The van der Waals surface area contributed by atoms with Crippen LogP contribution in [0.3, 0.4) is 0 Å². The molecular weight excluding hydrogens is 428 g/mol. The molecule has 5 rings (SSSR count). The standard InChI is InChI=1S/C22H18N6O5/c1-12-20(24-25-27(12)15-3-2-4-16(10-15)28(32)33)13-5-6-17-14(9-13)11-26(22(17)31)18-7-8-19(29)23-21(18)30/h2-6,9-10,18H,7-8,11H2,1H3,(H,23,29,30). The van der Waals surface area contributed by atoms with Crippen LogP contribution >= 0.6 is 0 Å². The number of rotatable bonds is 4. The van der Waals surface area contributed by atoms with Crippen molar-refractivity contribution in [2.45, 2.75) is 32.4 Å². The van der Waals surface area contributed by atoms with Gasteiger partial charge in [-0.25, -0.2) is 4.68 Å². The molecule has 3 heterocycles. The van der Waals surface area contributed by atoms with Crippen LogP contribution < -0.4 is 5.32 Å². The molecule has 1 atom stereocenters. The van der Waals surface area contributed by atoms with Crippen LogP contribution in [-0.4, -0.2) is 48.6 Å². The molecule has 2 aliphatic rings. The number of nitro benzene ring substituents is 1. The second-order valence-corrected chi connectivity index (χ2v) is 7.98. The zero-order valence-corrected chi connectivity index (χ0v) is 17.5. The second kappa shape index (κ2) is 7.62. The second-order valence-electron chi connectivity index (χ2n) is 7.98. The molecule has 0 bridgehead atoms. The van der Waals surface area contributed by atoms with Crippen molar-refractivity contribution in [3.05, 3.63) is 69.4 Å². The van der Waals surface area contributed by atoms with Gasteiger partial charge in [0.2, 0.25) is 11.8 Å². The Hall–Kier alpha value is -4.41. The topological polar surface area (TPSA) is 140 Å². The Morgan fingerprint density at radius 1 is 1.15 bits per heavy atom. The van der Waals surface area contributed by atoms with Crippen LogP contribution in [0.4, 0.5) is 5.69 Å². The highest BCUT2D eigenvalue weighted by Gasteiger charge is 2.39. The summed E-state index contributed by atoms with van der Waals surface area (Å²) in [7, 11) is 0.